The fourth-order valence-corrected chi connectivity index (χ4v) is 2.15. The number of benzene rings is 1. The Bertz CT molecular complexity index is 585. The molecule has 1 aromatic heterocycles. The molecule has 1 aromatic carbocycles. The van der Waals surface area contributed by atoms with E-state index in [4.69, 9.17) is 10.5 Å². The van der Waals surface area contributed by atoms with Crippen LogP contribution >= 0.6 is 0 Å². The summed E-state index contributed by atoms with van der Waals surface area (Å²) in [5.74, 6) is 0.466. The molecule has 0 spiro atoms. The first-order valence-electron chi connectivity index (χ1n) is 5.47. The average molecular weight is 232 g/mol. The van der Waals surface area contributed by atoms with Gasteiger partial charge in [0.15, 0.2) is 0 Å². The van der Waals surface area contributed by atoms with Gasteiger partial charge in [-0.15, -0.1) is 0 Å². The van der Waals surface area contributed by atoms with Gasteiger partial charge in [0.25, 0.3) is 0 Å². The molecule has 2 aromatic rings. The van der Waals surface area contributed by atoms with Crippen molar-refractivity contribution in [1.82, 2.24) is 4.98 Å². The number of carbonyl (C=O) groups excluding carboxylic acids is 1. The van der Waals surface area contributed by atoms with E-state index in [0.717, 1.165) is 33.5 Å². The SMILES string of the molecule is COc1cc(C)cc2c(CC(N)=O)c(C)[nH]c12. The van der Waals surface area contributed by atoms with Crippen molar-refractivity contribution < 1.29 is 9.53 Å². The number of carbonyl (C=O) groups is 1. The third-order valence-corrected chi connectivity index (χ3v) is 2.91. The number of nitrogens with one attached hydrogen (secondary N) is 1. The summed E-state index contributed by atoms with van der Waals surface area (Å²) in [5, 5.41) is 1.01. The predicted molar refractivity (Wildman–Crippen MR) is 67.2 cm³/mol. The van der Waals surface area contributed by atoms with Crippen LogP contribution in [-0.4, -0.2) is 18.0 Å². The van der Waals surface area contributed by atoms with Crippen molar-refractivity contribution in [3.63, 3.8) is 0 Å². The van der Waals surface area contributed by atoms with E-state index in [9.17, 15) is 4.79 Å². The van der Waals surface area contributed by atoms with Crippen LogP contribution in [0.2, 0.25) is 0 Å². The largest absolute Gasteiger partial charge is 0.495 e. The summed E-state index contributed by atoms with van der Waals surface area (Å²) in [6.45, 7) is 3.94. The van der Waals surface area contributed by atoms with Gasteiger partial charge >= 0.3 is 0 Å². The molecule has 0 aliphatic carbocycles. The first-order valence-corrected chi connectivity index (χ1v) is 5.47. The van der Waals surface area contributed by atoms with Gasteiger partial charge in [-0.2, -0.15) is 0 Å². The van der Waals surface area contributed by atoms with Crippen molar-refractivity contribution >= 4 is 16.8 Å². The summed E-state index contributed by atoms with van der Waals surface area (Å²) < 4.78 is 5.33. The highest BCUT2D eigenvalue weighted by molar-refractivity contribution is 5.93. The zero-order chi connectivity index (χ0) is 12.6. The van der Waals surface area contributed by atoms with Crippen molar-refractivity contribution in [3.05, 3.63) is 29.0 Å². The Balaban J connectivity index is 2.72. The number of aromatic nitrogens is 1. The standard InChI is InChI=1S/C13H16N2O2/c1-7-4-10-9(6-12(14)16)8(2)15-13(10)11(5-7)17-3/h4-5,15H,6H2,1-3H3,(H2,14,16). The molecule has 1 amide bonds. The van der Waals surface area contributed by atoms with Crippen molar-refractivity contribution in [3.8, 4) is 5.75 Å². The highest BCUT2D eigenvalue weighted by Gasteiger charge is 2.14. The third-order valence-electron chi connectivity index (χ3n) is 2.91. The fraction of sp³-hybridized carbons (Fsp3) is 0.308. The van der Waals surface area contributed by atoms with Gasteiger partial charge in [0.1, 0.15) is 5.75 Å². The average Bonchev–Trinajstić information content (AvgIpc) is 2.55. The molecule has 0 fully saturated rings. The van der Waals surface area contributed by atoms with E-state index >= 15 is 0 Å². The minimum absolute atomic E-state index is 0.248. The maximum absolute atomic E-state index is 11.1. The Morgan fingerprint density at radius 2 is 2.12 bits per heavy atom. The van der Waals surface area contributed by atoms with Gasteiger partial charge in [0, 0.05) is 11.1 Å². The van der Waals surface area contributed by atoms with Crippen molar-refractivity contribution in [2.75, 3.05) is 7.11 Å². The van der Waals surface area contributed by atoms with Gasteiger partial charge in [0.2, 0.25) is 5.91 Å². The molecule has 3 N–H and O–H groups in total. The lowest BCUT2D eigenvalue weighted by molar-refractivity contribution is -0.117. The molecular weight excluding hydrogens is 216 g/mol. The lowest BCUT2D eigenvalue weighted by atomic mass is 10.1. The number of aryl methyl sites for hydroxylation is 2. The molecule has 0 bridgehead atoms. The molecule has 0 saturated heterocycles. The number of methoxy groups -OCH3 is 1. The minimum atomic E-state index is -0.325. The second kappa shape index (κ2) is 4.13. The predicted octanol–water partition coefficient (Wildman–Crippen LogP) is 1.82. The summed E-state index contributed by atoms with van der Waals surface area (Å²) >= 11 is 0. The Morgan fingerprint density at radius 1 is 1.41 bits per heavy atom. The number of fused-ring (bicyclic) bond motifs is 1. The summed E-state index contributed by atoms with van der Waals surface area (Å²) in [5.41, 5.74) is 9.20. The van der Waals surface area contributed by atoms with E-state index in [1.807, 2.05) is 26.0 Å². The Kier molecular flexibility index (Phi) is 2.79. The number of aromatic amines is 1. The lowest BCUT2D eigenvalue weighted by Crippen LogP contribution is -2.14. The van der Waals surface area contributed by atoms with E-state index in [-0.39, 0.29) is 12.3 Å². The highest BCUT2D eigenvalue weighted by atomic mass is 16.5. The summed E-state index contributed by atoms with van der Waals surface area (Å²) in [6, 6.07) is 4.01. The number of hydrogen-bond acceptors (Lipinski definition) is 2. The zero-order valence-corrected chi connectivity index (χ0v) is 10.3. The molecule has 4 heteroatoms. The molecule has 4 nitrogen and oxygen atoms in total. The van der Waals surface area contributed by atoms with Gasteiger partial charge in [-0.3, -0.25) is 4.79 Å². The third kappa shape index (κ3) is 1.98. The smallest absolute Gasteiger partial charge is 0.221 e. The Labute approximate surface area is 99.8 Å². The molecule has 90 valence electrons. The normalized spacial score (nSPS) is 10.8. The van der Waals surface area contributed by atoms with Gasteiger partial charge in [-0.05, 0) is 37.1 Å². The molecular formula is C13H16N2O2. The van der Waals surface area contributed by atoms with E-state index in [2.05, 4.69) is 4.98 Å². The molecule has 1 heterocycles. The van der Waals surface area contributed by atoms with Crippen LogP contribution in [0.4, 0.5) is 0 Å². The highest BCUT2D eigenvalue weighted by Crippen LogP contribution is 2.31. The first-order chi connectivity index (χ1) is 8.02. The number of ether oxygens (including phenoxy) is 1. The molecule has 17 heavy (non-hydrogen) atoms. The maximum Gasteiger partial charge on any atom is 0.221 e. The molecule has 0 aliphatic heterocycles. The topological polar surface area (TPSA) is 68.1 Å². The van der Waals surface area contributed by atoms with Crippen LogP contribution in [0.25, 0.3) is 10.9 Å². The first kappa shape index (κ1) is 11.5. The van der Waals surface area contributed by atoms with Crippen LogP contribution in [-0.2, 0) is 11.2 Å². The monoisotopic (exact) mass is 232 g/mol. The zero-order valence-electron chi connectivity index (χ0n) is 10.3. The van der Waals surface area contributed by atoms with Crippen molar-refractivity contribution in [1.29, 1.82) is 0 Å². The number of primary amides is 1. The van der Waals surface area contributed by atoms with E-state index in [0.29, 0.717) is 0 Å². The number of hydrogen-bond donors (Lipinski definition) is 2. The van der Waals surface area contributed by atoms with Gasteiger partial charge < -0.3 is 15.5 Å². The van der Waals surface area contributed by atoms with E-state index in [1.54, 1.807) is 7.11 Å². The van der Waals surface area contributed by atoms with Crippen LogP contribution < -0.4 is 10.5 Å². The van der Waals surface area contributed by atoms with Gasteiger partial charge in [0.05, 0.1) is 19.0 Å². The van der Waals surface area contributed by atoms with Crippen LogP contribution in [0.1, 0.15) is 16.8 Å². The molecule has 0 atom stereocenters. The summed E-state index contributed by atoms with van der Waals surface area (Å²) in [4.78, 5) is 14.3. The maximum atomic E-state index is 11.1. The van der Waals surface area contributed by atoms with Gasteiger partial charge in [-0.25, -0.2) is 0 Å². The minimum Gasteiger partial charge on any atom is -0.495 e. The molecule has 0 aliphatic rings. The summed E-state index contributed by atoms with van der Waals surface area (Å²) in [6.07, 6.45) is 0.248. The van der Waals surface area contributed by atoms with Crippen LogP contribution in [0.5, 0.6) is 5.75 Å². The number of nitrogens with two attached hydrogens (primary N) is 1. The Hall–Kier alpha value is -1.97. The summed E-state index contributed by atoms with van der Waals surface area (Å²) in [7, 11) is 1.64. The molecule has 0 unspecified atom stereocenters. The number of H-pyrrole nitrogens is 1. The number of rotatable bonds is 3. The van der Waals surface area contributed by atoms with Crippen molar-refractivity contribution in [2.45, 2.75) is 20.3 Å². The van der Waals surface area contributed by atoms with E-state index in [1.165, 1.54) is 0 Å². The molecule has 0 radical (unpaired) electrons. The second-order valence-corrected chi connectivity index (χ2v) is 4.26. The molecule has 0 saturated carbocycles. The quantitative estimate of drug-likeness (QED) is 0.847. The van der Waals surface area contributed by atoms with Crippen LogP contribution in [0.3, 0.4) is 0 Å². The van der Waals surface area contributed by atoms with Crippen LogP contribution in [0.15, 0.2) is 12.1 Å². The van der Waals surface area contributed by atoms with E-state index < -0.39 is 0 Å². The van der Waals surface area contributed by atoms with Crippen molar-refractivity contribution in [2.24, 2.45) is 5.73 Å². The van der Waals surface area contributed by atoms with Crippen LogP contribution in [0, 0.1) is 13.8 Å². The Morgan fingerprint density at radius 3 is 2.71 bits per heavy atom. The lowest BCUT2D eigenvalue weighted by Gasteiger charge is -2.04. The second-order valence-electron chi connectivity index (χ2n) is 4.26. The fourth-order valence-electron chi connectivity index (χ4n) is 2.15. The molecule has 2 rings (SSSR count). The van der Waals surface area contributed by atoms with Gasteiger partial charge in [-0.1, -0.05) is 0 Å². The number of amides is 1.